The highest BCUT2D eigenvalue weighted by molar-refractivity contribution is 7.45. The molecule has 5 N–H and O–H groups in total. The Morgan fingerprint density at radius 1 is 1.12 bits per heavy atom. The van der Waals surface area contributed by atoms with Crippen molar-refractivity contribution in [2.45, 2.75) is 0 Å². The molecule has 0 heterocycles. The third-order valence-electron chi connectivity index (χ3n) is 0. The molecular formula is H7O6PSi. The monoisotopic (exact) mass is 162 g/mol. The Morgan fingerprint density at radius 2 is 1.12 bits per heavy atom. The Morgan fingerprint density at radius 3 is 1.12 bits per heavy atom. The van der Waals surface area contributed by atoms with Gasteiger partial charge in [-0.15, -0.1) is 0 Å². The highest BCUT2D eigenvalue weighted by atomic mass is 31.2. The first-order valence-corrected chi connectivity index (χ1v) is 4.25. The minimum absolute atomic E-state index is 1.58. The second-order valence-electron chi connectivity index (χ2n) is 0.655. The average Bonchev–Trinajstić information content (AvgIpc) is 1.27. The van der Waals surface area contributed by atoms with Gasteiger partial charge in [0.25, 0.3) is 10.0 Å². The van der Waals surface area contributed by atoms with Crippen LogP contribution in [0.5, 0.6) is 0 Å². The molecule has 8 heavy (non-hydrogen) atoms. The smallest absolute Gasteiger partial charge is 0.415 e. The first kappa shape index (κ1) is 11.1. The molecule has 0 aliphatic carbocycles. The third kappa shape index (κ3) is 2820. The third-order valence-corrected chi connectivity index (χ3v) is 0. The zero-order valence-electron chi connectivity index (χ0n) is 3.80. The van der Waals surface area contributed by atoms with Crippen LogP contribution in [0.2, 0.25) is 0 Å². The Balaban J connectivity index is 0. The van der Waals surface area contributed by atoms with Crippen molar-refractivity contribution >= 4 is 17.8 Å². The van der Waals surface area contributed by atoms with E-state index in [1.807, 2.05) is 0 Å². The summed E-state index contributed by atoms with van der Waals surface area (Å²) in [4.78, 5) is 36.1. The molecule has 0 saturated heterocycles. The van der Waals surface area contributed by atoms with Gasteiger partial charge in [0.15, 0.2) is 0 Å². The van der Waals surface area contributed by atoms with E-state index in [0.717, 1.165) is 0 Å². The van der Waals surface area contributed by atoms with Gasteiger partial charge in [-0.1, -0.05) is 0 Å². The molecule has 0 fully saturated rings. The molecule has 0 aromatic carbocycles. The highest BCUT2D eigenvalue weighted by Crippen LogP contribution is 2.25. The molecule has 0 aliphatic heterocycles. The number of hydrogen-bond donors (Lipinski definition) is 5. The van der Waals surface area contributed by atoms with Crippen LogP contribution in [0.25, 0.3) is 0 Å². The van der Waals surface area contributed by atoms with Crippen LogP contribution >= 0.6 is 7.82 Å². The standard InChI is InChI=1S/H3O4P.H4O2Si/c1-5(2,3)4;1-3-2/h(H3,1,2,3,4);1-2H,3H2. The van der Waals surface area contributed by atoms with E-state index >= 15 is 0 Å². The van der Waals surface area contributed by atoms with Gasteiger partial charge in [-0.2, -0.15) is 0 Å². The van der Waals surface area contributed by atoms with E-state index < -0.39 is 17.8 Å². The highest BCUT2D eigenvalue weighted by Gasteiger charge is 2.00. The van der Waals surface area contributed by atoms with Gasteiger partial charge in [0, 0.05) is 0 Å². The van der Waals surface area contributed by atoms with Crippen LogP contribution in [-0.2, 0) is 4.57 Å². The maximum absolute atomic E-state index is 8.88. The van der Waals surface area contributed by atoms with Gasteiger partial charge >= 0.3 is 7.82 Å². The molecule has 0 amide bonds. The maximum atomic E-state index is 8.88. The molecule has 0 saturated carbocycles. The van der Waals surface area contributed by atoms with Crippen molar-refractivity contribution in [3.05, 3.63) is 0 Å². The fraction of sp³-hybridized carbons (Fsp3) is 0. The van der Waals surface area contributed by atoms with E-state index in [2.05, 4.69) is 0 Å². The molecule has 0 aromatic rings. The lowest BCUT2D eigenvalue weighted by atomic mass is 15.8. The van der Waals surface area contributed by atoms with E-state index in [-0.39, 0.29) is 0 Å². The van der Waals surface area contributed by atoms with Gasteiger partial charge in [0.05, 0.1) is 0 Å². The summed E-state index contributed by atoms with van der Waals surface area (Å²) in [7, 11) is -6.22. The molecule has 0 aromatic heterocycles. The van der Waals surface area contributed by atoms with Crippen LogP contribution in [0.4, 0.5) is 0 Å². The average molecular weight is 162 g/mol. The van der Waals surface area contributed by atoms with Crippen molar-refractivity contribution in [1.29, 1.82) is 0 Å². The first-order valence-electron chi connectivity index (χ1n) is 1.42. The molecule has 0 spiro atoms. The molecular weight excluding hydrogens is 155 g/mol. The summed E-state index contributed by atoms with van der Waals surface area (Å²) in [5.41, 5.74) is 0. The maximum Gasteiger partial charge on any atom is 0.466 e. The molecule has 0 atom stereocenters. The van der Waals surface area contributed by atoms with Crippen LogP contribution in [0.15, 0.2) is 0 Å². The minimum atomic E-state index is -4.64. The molecule has 8 heteroatoms. The quantitative estimate of drug-likeness (QED) is 0.192. The summed E-state index contributed by atoms with van der Waals surface area (Å²) >= 11 is 0. The van der Waals surface area contributed by atoms with Crippen molar-refractivity contribution < 1.29 is 28.8 Å². The number of phosphoric acid groups is 1. The van der Waals surface area contributed by atoms with Crippen molar-refractivity contribution in [3.63, 3.8) is 0 Å². The topological polar surface area (TPSA) is 118 Å². The van der Waals surface area contributed by atoms with Crippen molar-refractivity contribution in [3.8, 4) is 0 Å². The number of hydrogen-bond acceptors (Lipinski definition) is 3. The normalized spacial score (nSPS) is 9.62. The van der Waals surface area contributed by atoms with Gasteiger partial charge < -0.3 is 24.3 Å². The fourth-order valence-electron chi connectivity index (χ4n) is 0. The zero-order valence-corrected chi connectivity index (χ0v) is 6.11. The zero-order chi connectivity index (χ0) is 7.21. The van der Waals surface area contributed by atoms with Crippen LogP contribution in [0, 0.1) is 0 Å². The van der Waals surface area contributed by atoms with Gasteiger partial charge in [-0.3, -0.25) is 0 Å². The Kier molecular flexibility index (Phi) is 7.47. The number of rotatable bonds is 0. The predicted octanol–water partition coefficient (Wildman–Crippen LogP) is -2.96. The molecule has 0 radical (unpaired) electrons. The van der Waals surface area contributed by atoms with Gasteiger partial charge in [-0.05, 0) is 0 Å². The van der Waals surface area contributed by atoms with Gasteiger partial charge in [0.2, 0.25) is 0 Å². The van der Waals surface area contributed by atoms with Gasteiger partial charge in [-0.25, -0.2) is 4.57 Å². The first-order chi connectivity index (χ1) is 3.41. The van der Waals surface area contributed by atoms with Crippen molar-refractivity contribution in [2.75, 3.05) is 0 Å². The SMILES string of the molecule is O=P(O)(O)O.O[SiH2]O. The summed E-state index contributed by atoms with van der Waals surface area (Å²) < 4.78 is 8.88. The van der Waals surface area contributed by atoms with E-state index in [1.165, 1.54) is 0 Å². The second-order valence-corrected chi connectivity index (χ2v) is 1.96. The molecule has 6 nitrogen and oxygen atoms in total. The minimum Gasteiger partial charge on any atom is -0.415 e. The molecule has 0 bridgehead atoms. The van der Waals surface area contributed by atoms with Crippen LogP contribution in [0.1, 0.15) is 0 Å². The predicted molar refractivity (Wildman–Crippen MR) is 27.2 cm³/mol. The summed E-state index contributed by atoms with van der Waals surface area (Å²) in [5, 5.41) is 0. The Labute approximate surface area is 47.7 Å². The molecule has 0 unspecified atom stereocenters. The summed E-state index contributed by atoms with van der Waals surface area (Å²) in [6.45, 7) is 0. The van der Waals surface area contributed by atoms with Crippen LogP contribution in [0.3, 0.4) is 0 Å². The largest absolute Gasteiger partial charge is 0.466 e. The summed E-state index contributed by atoms with van der Waals surface area (Å²) in [6.07, 6.45) is 0. The lowest BCUT2D eigenvalue weighted by Crippen LogP contribution is -1.75. The molecule has 52 valence electrons. The van der Waals surface area contributed by atoms with E-state index in [1.54, 1.807) is 0 Å². The second kappa shape index (κ2) is 5.38. The lowest BCUT2D eigenvalue weighted by Gasteiger charge is -1.82. The molecule has 0 rings (SSSR count). The summed E-state index contributed by atoms with van der Waals surface area (Å²) in [6, 6.07) is 0. The lowest BCUT2D eigenvalue weighted by molar-refractivity contribution is 0.275. The van der Waals surface area contributed by atoms with E-state index in [4.69, 9.17) is 28.8 Å². The molecule has 0 aliphatic rings. The van der Waals surface area contributed by atoms with Crippen molar-refractivity contribution in [1.82, 2.24) is 0 Å². The Bertz CT molecular complexity index is 64.3. The van der Waals surface area contributed by atoms with E-state index in [9.17, 15) is 0 Å². The van der Waals surface area contributed by atoms with Crippen LogP contribution in [-0.4, -0.2) is 34.3 Å². The summed E-state index contributed by atoms with van der Waals surface area (Å²) in [5.74, 6) is 0. The van der Waals surface area contributed by atoms with Gasteiger partial charge in [0.1, 0.15) is 0 Å². The van der Waals surface area contributed by atoms with Crippen molar-refractivity contribution in [2.24, 2.45) is 0 Å². The fourth-order valence-corrected chi connectivity index (χ4v) is 0. The van der Waals surface area contributed by atoms with Crippen LogP contribution < -0.4 is 0 Å². The van der Waals surface area contributed by atoms with E-state index in [0.29, 0.717) is 0 Å². The Hall–Kier alpha value is 0.247.